The van der Waals surface area contributed by atoms with E-state index in [2.05, 4.69) is 24.3 Å². The van der Waals surface area contributed by atoms with Crippen LogP contribution in [0.25, 0.3) is 21.5 Å². The molecule has 4 N–H and O–H groups in total. The fourth-order valence-electron chi connectivity index (χ4n) is 4.57. The average Bonchev–Trinajstić information content (AvgIpc) is 2.89. The predicted octanol–water partition coefficient (Wildman–Crippen LogP) is 6.39. The fourth-order valence-corrected chi connectivity index (χ4v) is 4.57. The van der Waals surface area contributed by atoms with Crippen LogP contribution < -0.4 is 16.2 Å². The summed E-state index contributed by atoms with van der Waals surface area (Å²) >= 11 is 0. The van der Waals surface area contributed by atoms with Crippen LogP contribution in [0.1, 0.15) is 64.2 Å². The van der Waals surface area contributed by atoms with Gasteiger partial charge in [-0.1, -0.05) is 68.1 Å². The fraction of sp³-hybridized carbons (Fsp3) is 0.467. The molecule has 0 aliphatic rings. The summed E-state index contributed by atoms with van der Waals surface area (Å²) < 4.78 is 5.61. The van der Waals surface area contributed by atoms with Crippen LogP contribution in [0.3, 0.4) is 0 Å². The smallest absolute Gasteiger partial charge is 0.311 e. The molecule has 1 amide bonds. The van der Waals surface area contributed by atoms with Crippen molar-refractivity contribution in [1.29, 1.82) is 0 Å². The lowest BCUT2D eigenvalue weighted by Crippen LogP contribution is -2.33. The third kappa shape index (κ3) is 10.8. The molecular weight excluding hydrogens is 521 g/mol. The molecule has 0 heterocycles. The van der Waals surface area contributed by atoms with Crippen LogP contribution in [0.4, 0.5) is 0 Å². The molecule has 0 aliphatic carbocycles. The van der Waals surface area contributed by atoms with Crippen molar-refractivity contribution in [2.45, 2.75) is 64.2 Å². The van der Waals surface area contributed by atoms with Crippen LogP contribution in [0.15, 0.2) is 54.6 Å². The number of nitrogens with two attached hydrogens (primary N) is 2. The molecule has 0 aromatic heterocycles. The molecule has 8 heteroatoms. The van der Waals surface area contributed by atoms with Gasteiger partial charge in [-0.2, -0.15) is 0 Å². The summed E-state index contributed by atoms with van der Waals surface area (Å²) in [5, 5.41) is 4.44. The van der Waals surface area contributed by atoms with Gasteiger partial charge in [0.05, 0.1) is 0 Å². The minimum absolute atomic E-state index is 0. The zero-order valence-electron chi connectivity index (χ0n) is 22.2. The quantitative estimate of drug-likeness (QED) is 0.0910. The largest absolute Gasteiger partial charge is 0.427 e. The van der Waals surface area contributed by atoms with Gasteiger partial charge >= 0.3 is 5.97 Å². The number of benzene rings is 3. The summed E-state index contributed by atoms with van der Waals surface area (Å²) in [6.45, 7) is 2.76. The van der Waals surface area contributed by atoms with E-state index in [1.165, 1.54) is 19.3 Å². The van der Waals surface area contributed by atoms with E-state index in [9.17, 15) is 9.59 Å². The van der Waals surface area contributed by atoms with Gasteiger partial charge in [0, 0.05) is 25.9 Å². The second-order valence-corrected chi connectivity index (χ2v) is 9.43. The van der Waals surface area contributed by atoms with Gasteiger partial charge in [-0.3, -0.25) is 9.59 Å². The lowest BCUT2D eigenvalue weighted by atomic mass is 10.0. The number of carbonyl (C=O) groups is 2. The van der Waals surface area contributed by atoms with Crippen LogP contribution in [-0.4, -0.2) is 43.0 Å². The monoisotopic (exact) mass is 563 g/mol. The molecular formula is C30H43Cl2N3O3. The third-order valence-electron chi connectivity index (χ3n) is 6.59. The Labute approximate surface area is 239 Å². The summed E-state index contributed by atoms with van der Waals surface area (Å²) in [5.74, 6) is 0.316. The maximum Gasteiger partial charge on any atom is 0.311 e. The molecule has 0 atom stereocenters. The SMILES string of the molecule is Cl.Cl.NCCCCCCCCN(CCCN)C(=O)CCCC(=O)Oc1ccc2ccc3ccccc3c2c1. The zero-order valence-corrected chi connectivity index (χ0v) is 23.9. The number of unbranched alkanes of at least 4 members (excludes halogenated alkanes) is 5. The molecule has 0 bridgehead atoms. The Hall–Kier alpha value is -2.38. The molecule has 38 heavy (non-hydrogen) atoms. The van der Waals surface area contributed by atoms with E-state index in [4.69, 9.17) is 16.2 Å². The molecule has 3 aromatic carbocycles. The van der Waals surface area contributed by atoms with E-state index in [0.29, 0.717) is 31.7 Å². The third-order valence-corrected chi connectivity index (χ3v) is 6.59. The van der Waals surface area contributed by atoms with Gasteiger partial charge in [0.1, 0.15) is 5.75 Å². The van der Waals surface area contributed by atoms with Gasteiger partial charge in [0.2, 0.25) is 5.91 Å². The van der Waals surface area contributed by atoms with Gasteiger partial charge in [-0.25, -0.2) is 0 Å². The first-order valence-corrected chi connectivity index (χ1v) is 13.4. The lowest BCUT2D eigenvalue weighted by molar-refractivity contribution is -0.135. The predicted molar refractivity (Wildman–Crippen MR) is 162 cm³/mol. The van der Waals surface area contributed by atoms with E-state index >= 15 is 0 Å². The summed E-state index contributed by atoms with van der Waals surface area (Å²) in [6.07, 6.45) is 8.58. The van der Waals surface area contributed by atoms with Crippen LogP contribution in [-0.2, 0) is 9.59 Å². The Bertz CT molecular complexity index is 1130. The van der Waals surface area contributed by atoms with Crippen LogP contribution in [0.2, 0.25) is 0 Å². The number of carbonyl (C=O) groups excluding carboxylic acids is 2. The average molecular weight is 565 g/mol. The van der Waals surface area contributed by atoms with Crippen molar-refractivity contribution in [2.24, 2.45) is 11.5 Å². The number of esters is 1. The van der Waals surface area contributed by atoms with Crippen LogP contribution >= 0.6 is 24.8 Å². The van der Waals surface area contributed by atoms with E-state index in [0.717, 1.165) is 60.3 Å². The van der Waals surface area contributed by atoms with E-state index in [1.54, 1.807) is 0 Å². The zero-order chi connectivity index (χ0) is 25.6. The number of ether oxygens (including phenoxy) is 1. The Morgan fingerprint density at radius 1 is 0.658 bits per heavy atom. The molecule has 0 saturated carbocycles. The van der Waals surface area contributed by atoms with E-state index in [1.807, 2.05) is 35.2 Å². The maximum atomic E-state index is 12.8. The Balaban J connectivity index is 0.00000361. The minimum atomic E-state index is -0.312. The number of rotatable bonds is 16. The van der Waals surface area contributed by atoms with Crippen molar-refractivity contribution >= 4 is 58.2 Å². The molecule has 0 radical (unpaired) electrons. The first-order chi connectivity index (χ1) is 17.6. The molecule has 0 aliphatic heterocycles. The maximum absolute atomic E-state index is 12.8. The summed E-state index contributed by atoms with van der Waals surface area (Å²) in [6, 6.07) is 18.1. The van der Waals surface area contributed by atoms with Crippen LogP contribution in [0.5, 0.6) is 5.75 Å². The molecule has 6 nitrogen and oxygen atoms in total. The molecule has 0 saturated heterocycles. The van der Waals surface area contributed by atoms with Crippen molar-refractivity contribution in [3.8, 4) is 5.75 Å². The number of amides is 1. The van der Waals surface area contributed by atoms with Crippen molar-refractivity contribution in [2.75, 3.05) is 26.2 Å². The number of fused-ring (bicyclic) bond motifs is 3. The second-order valence-electron chi connectivity index (χ2n) is 9.43. The first-order valence-electron chi connectivity index (χ1n) is 13.4. The highest BCUT2D eigenvalue weighted by Gasteiger charge is 2.14. The topological polar surface area (TPSA) is 98.6 Å². The highest BCUT2D eigenvalue weighted by Crippen LogP contribution is 2.28. The normalized spacial score (nSPS) is 10.6. The van der Waals surface area contributed by atoms with Gasteiger partial charge in [-0.05, 0) is 72.5 Å². The van der Waals surface area contributed by atoms with Crippen molar-refractivity contribution < 1.29 is 14.3 Å². The second kappa shape index (κ2) is 18.8. The summed E-state index contributed by atoms with van der Waals surface area (Å²) in [7, 11) is 0. The number of halogens is 2. The lowest BCUT2D eigenvalue weighted by Gasteiger charge is -2.22. The number of hydrogen-bond acceptors (Lipinski definition) is 5. The van der Waals surface area contributed by atoms with Crippen molar-refractivity contribution in [3.05, 3.63) is 54.6 Å². The Kier molecular flexibility index (Phi) is 16.6. The highest BCUT2D eigenvalue weighted by molar-refractivity contribution is 6.07. The Morgan fingerprint density at radius 2 is 1.26 bits per heavy atom. The Morgan fingerprint density at radius 3 is 2.00 bits per heavy atom. The summed E-state index contributed by atoms with van der Waals surface area (Å²) in [5.41, 5.74) is 11.2. The highest BCUT2D eigenvalue weighted by atomic mass is 35.5. The van der Waals surface area contributed by atoms with Gasteiger partial charge < -0.3 is 21.1 Å². The molecule has 0 unspecified atom stereocenters. The molecule has 0 spiro atoms. The molecule has 3 rings (SSSR count). The molecule has 0 fully saturated rings. The first kappa shape index (κ1) is 33.6. The number of hydrogen-bond donors (Lipinski definition) is 2. The van der Waals surface area contributed by atoms with Gasteiger partial charge in [0.15, 0.2) is 0 Å². The van der Waals surface area contributed by atoms with E-state index < -0.39 is 0 Å². The minimum Gasteiger partial charge on any atom is -0.427 e. The standard InChI is InChI=1S/C30H41N3O3.2ClH/c31-19-7-3-1-2-4-8-21-33(22-10-20-32)29(34)13-9-14-30(35)36-26-18-17-25-16-15-24-11-5-6-12-27(24)28(25)23-26;;/h5-6,11-12,15-18,23H,1-4,7-10,13-14,19-22,31-32H2;2*1H. The van der Waals surface area contributed by atoms with Gasteiger partial charge in [0.25, 0.3) is 0 Å². The summed E-state index contributed by atoms with van der Waals surface area (Å²) in [4.78, 5) is 27.2. The van der Waals surface area contributed by atoms with Crippen LogP contribution in [0, 0.1) is 0 Å². The van der Waals surface area contributed by atoms with E-state index in [-0.39, 0.29) is 43.1 Å². The number of nitrogens with zero attached hydrogens (tertiary/aromatic N) is 1. The van der Waals surface area contributed by atoms with Gasteiger partial charge in [-0.15, -0.1) is 24.8 Å². The molecule has 3 aromatic rings. The molecule has 210 valence electrons. The van der Waals surface area contributed by atoms with Crippen molar-refractivity contribution in [3.63, 3.8) is 0 Å². The van der Waals surface area contributed by atoms with Crippen molar-refractivity contribution in [1.82, 2.24) is 4.90 Å².